The molecule has 0 saturated carbocycles. The summed E-state index contributed by atoms with van der Waals surface area (Å²) >= 11 is 3.43. The van der Waals surface area contributed by atoms with Gasteiger partial charge in [0.05, 0.1) is 7.11 Å². The Labute approximate surface area is 175 Å². The predicted octanol–water partition coefficient (Wildman–Crippen LogP) is 3.80. The number of methoxy groups -OCH3 is 1. The highest BCUT2D eigenvalue weighted by Gasteiger charge is 2.11. The van der Waals surface area contributed by atoms with Gasteiger partial charge in [0.1, 0.15) is 5.75 Å². The number of ether oxygens (including phenoxy) is 1. The summed E-state index contributed by atoms with van der Waals surface area (Å²) < 4.78 is 6.34. The van der Waals surface area contributed by atoms with Crippen LogP contribution in [0.4, 0.5) is 5.69 Å². The normalized spacial score (nSPS) is 11.1. The molecule has 0 aliphatic rings. The fourth-order valence-electron chi connectivity index (χ4n) is 2.78. The molecule has 0 aliphatic carbocycles. The van der Waals surface area contributed by atoms with E-state index in [0.29, 0.717) is 19.5 Å². The van der Waals surface area contributed by atoms with Crippen molar-refractivity contribution in [1.82, 2.24) is 10.2 Å². The van der Waals surface area contributed by atoms with E-state index in [1.54, 1.807) is 14.2 Å². The summed E-state index contributed by atoms with van der Waals surface area (Å²) in [5, 5.41) is 6.18. The standard InChI is InChI=1S/C21H27BrN4O2/c1-15-9-10-17(22)13-18(15)25-20(27)11-12-24-21(23-2)26(3)14-16-7-5-6-8-19(16)28-4/h5-10,13H,11-12,14H2,1-4H3,(H,23,24)(H,25,27). The van der Waals surface area contributed by atoms with Crippen LogP contribution in [0.3, 0.4) is 0 Å². The van der Waals surface area contributed by atoms with E-state index in [2.05, 4.69) is 31.6 Å². The van der Waals surface area contributed by atoms with Crippen molar-refractivity contribution >= 4 is 33.5 Å². The molecule has 2 rings (SSSR count). The zero-order chi connectivity index (χ0) is 20.5. The van der Waals surface area contributed by atoms with E-state index in [0.717, 1.165) is 33.0 Å². The van der Waals surface area contributed by atoms with Gasteiger partial charge >= 0.3 is 0 Å². The van der Waals surface area contributed by atoms with Crippen molar-refractivity contribution in [3.8, 4) is 5.75 Å². The summed E-state index contributed by atoms with van der Waals surface area (Å²) in [5.74, 6) is 1.52. The van der Waals surface area contributed by atoms with E-state index in [9.17, 15) is 4.79 Å². The van der Waals surface area contributed by atoms with E-state index >= 15 is 0 Å². The molecule has 28 heavy (non-hydrogen) atoms. The molecule has 0 fully saturated rings. The van der Waals surface area contributed by atoms with Gasteiger partial charge < -0.3 is 20.3 Å². The third-order valence-electron chi connectivity index (χ3n) is 4.28. The Kier molecular flexibility index (Phi) is 8.32. The molecule has 150 valence electrons. The molecule has 0 spiro atoms. The number of hydrogen-bond acceptors (Lipinski definition) is 3. The number of aliphatic imine (C=N–C) groups is 1. The van der Waals surface area contributed by atoms with E-state index in [1.807, 2.05) is 61.3 Å². The molecular formula is C21H27BrN4O2. The van der Waals surface area contributed by atoms with Gasteiger partial charge in [-0.3, -0.25) is 9.79 Å². The number of nitrogens with zero attached hydrogens (tertiary/aromatic N) is 2. The molecule has 1 amide bonds. The van der Waals surface area contributed by atoms with Crippen LogP contribution in [0, 0.1) is 6.92 Å². The molecule has 0 bridgehead atoms. The van der Waals surface area contributed by atoms with Crippen LogP contribution in [-0.4, -0.2) is 44.5 Å². The molecule has 0 heterocycles. The lowest BCUT2D eigenvalue weighted by atomic mass is 10.2. The monoisotopic (exact) mass is 446 g/mol. The minimum absolute atomic E-state index is 0.0449. The number of aryl methyl sites for hydroxylation is 1. The van der Waals surface area contributed by atoms with Crippen LogP contribution in [0.5, 0.6) is 5.75 Å². The van der Waals surface area contributed by atoms with Crippen molar-refractivity contribution in [2.75, 3.05) is 33.1 Å². The number of carbonyl (C=O) groups excluding carboxylic acids is 1. The van der Waals surface area contributed by atoms with Gasteiger partial charge in [0.25, 0.3) is 0 Å². The zero-order valence-electron chi connectivity index (χ0n) is 16.8. The number of nitrogens with one attached hydrogen (secondary N) is 2. The molecule has 0 aromatic heterocycles. The summed E-state index contributed by atoms with van der Waals surface area (Å²) in [6, 6.07) is 13.7. The first-order valence-corrected chi connectivity index (χ1v) is 9.83. The van der Waals surface area contributed by atoms with Crippen molar-refractivity contribution in [2.24, 2.45) is 4.99 Å². The Balaban J connectivity index is 1.86. The van der Waals surface area contributed by atoms with E-state index in [-0.39, 0.29) is 5.91 Å². The van der Waals surface area contributed by atoms with E-state index in [1.165, 1.54) is 0 Å². The number of para-hydroxylation sites is 1. The summed E-state index contributed by atoms with van der Waals surface area (Å²) in [5.41, 5.74) is 2.91. The highest BCUT2D eigenvalue weighted by molar-refractivity contribution is 9.10. The largest absolute Gasteiger partial charge is 0.496 e. The molecule has 7 heteroatoms. The Morgan fingerprint density at radius 2 is 2.00 bits per heavy atom. The summed E-state index contributed by atoms with van der Waals surface area (Å²) in [6.07, 6.45) is 0.341. The number of amides is 1. The second-order valence-corrected chi connectivity index (χ2v) is 7.31. The van der Waals surface area contributed by atoms with E-state index < -0.39 is 0 Å². The fraction of sp³-hybridized carbons (Fsp3) is 0.333. The minimum Gasteiger partial charge on any atom is -0.496 e. The third-order valence-corrected chi connectivity index (χ3v) is 4.78. The van der Waals surface area contributed by atoms with Gasteiger partial charge in [0.15, 0.2) is 5.96 Å². The fourth-order valence-corrected chi connectivity index (χ4v) is 3.14. The SMILES string of the molecule is CN=C(NCCC(=O)Nc1cc(Br)ccc1C)N(C)Cc1ccccc1OC. The van der Waals surface area contributed by atoms with Crippen molar-refractivity contribution < 1.29 is 9.53 Å². The molecule has 0 unspecified atom stereocenters. The van der Waals surface area contributed by atoms with Crippen LogP contribution in [0.25, 0.3) is 0 Å². The Bertz CT molecular complexity index is 839. The lowest BCUT2D eigenvalue weighted by Crippen LogP contribution is -2.39. The highest BCUT2D eigenvalue weighted by Crippen LogP contribution is 2.21. The van der Waals surface area contributed by atoms with Gasteiger partial charge in [-0.1, -0.05) is 40.2 Å². The number of guanidine groups is 1. The second kappa shape index (κ2) is 10.7. The Morgan fingerprint density at radius 1 is 1.25 bits per heavy atom. The molecule has 0 atom stereocenters. The summed E-state index contributed by atoms with van der Waals surface area (Å²) in [4.78, 5) is 18.5. The molecule has 0 saturated heterocycles. The predicted molar refractivity (Wildman–Crippen MR) is 118 cm³/mol. The molecule has 2 aromatic rings. The van der Waals surface area contributed by atoms with Crippen LogP contribution in [0.2, 0.25) is 0 Å². The molecule has 2 N–H and O–H groups in total. The molecule has 0 radical (unpaired) electrons. The van der Waals surface area contributed by atoms with Crippen molar-refractivity contribution in [2.45, 2.75) is 19.9 Å². The number of anilines is 1. The van der Waals surface area contributed by atoms with Gasteiger partial charge in [0.2, 0.25) is 5.91 Å². The first-order chi connectivity index (χ1) is 13.4. The van der Waals surface area contributed by atoms with Crippen LogP contribution in [0.15, 0.2) is 51.9 Å². The molecule has 6 nitrogen and oxygen atoms in total. The van der Waals surface area contributed by atoms with Gasteiger partial charge in [-0.15, -0.1) is 0 Å². The maximum atomic E-state index is 12.3. The van der Waals surface area contributed by atoms with Gasteiger partial charge in [-0.25, -0.2) is 0 Å². The average Bonchev–Trinajstić information content (AvgIpc) is 2.68. The van der Waals surface area contributed by atoms with Gasteiger partial charge in [0, 0.05) is 49.3 Å². The van der Waals surface area contributed by atoms with Crippen LogP contribution in [0.1, 0.15) is 17.5 Å². The number of halogens is 1. The number of benzene rings is 2. The Morgan fingerprint density at radius 3 is 2.71 bits per heavy atom. The van der Waals surface area contributed by atoms with Crippen LogP contribution >= 0.6 is 15.9 Å². The maximum Gasteiger partial charge on any atom is 0.226 e. The summed E-state index contributed by atoms with van der Waals surface area (Å²) in [6.45, 7) is 3.10. The quantitative estimate of drug-likeness (QED) is 0.501. The smallest absolute Gasteiger partial charge is 0.226 e. The van der Waals surface area contributed by atoms with Crippen molar-refractivity contribution in [1.29, 1.82) is 0 Å². The average molecular weight is 447 g/mol. The van der Waals surface area contributed by atoms with Crippen molar-refractivity contribution in [3.05, 3.63) is 58.1 Å². The number of hydrogen-bond donors (Lipinski definition) is 2. The number of rotatable bonds is 7. The zero-order valence-corrected chi connectivity index (χ0v) is 18.3. The molecule has 0 aliphatic heterocycles. The maximum absolute atomic E-state index is 12.3. The molecular weight excluding hydrogens is 420 g/mol. The van der Waals surface area contributed by atoms with Crippen molar-refractivity contribution in [3.63, 3.8) is 0 Å². The van der Waals surface area contributed by atoms with Gasteiger partial charge in [-0.2, -0.15) is 0 Å². The lowest BCUT2D eigenvalue weighted by Gasteiger charge is -2.23. The summed E-state index contributed by atoms with van der Waals surface area (Å²) in [7, 11) is 5.34. The van der Waals surface area contributed by atoms with E-state index in [4.69, 9.17) is 4.74 Å². The first-order valence-electron chi connectivity index (χ1n) is 9.04. The lowest BCUT2D eigenvalue weighted by molar-refractivity contribution is -0.116. The number of carbonyl (C=O) groups is 1. The van der Waals surface area contributed by atoms with Crippen LogP contribution < -0.4 is 15.4 Å². The topological polar surface area (TPSA) is 66.0 Å². The third kappa shape index (κ3) is 6.27. The van der Waals surface area contributed by atoms with Gasteiger partial charge in [-0.05, 0) is 30.7 Å². The first kappa shape index (κ1) is 21.8. The highest BCUT2D eigenvalue weighted by atomic mass is 79.9. The minimum atomic E-state index is -0.0449. The Hall–Kier alpha value is -2.54. The second-order valence-electron chi connectivity index (χ2n) is 6.40. The molecule has 2 aromatic carbocycles. The van der Waals surface area contributed by atoms with Crippen LogP contribution in [-0.2, 0) is 11.3 Å².